The molecule has 1 unspecified atom stereocenters. The molecule has 124 valence electrons. The lowest BCUT2D eigenvalue weighted by Gasteiger charge is -2.38. The molecule has 0 aliphatic carbocycles. The van der Waals surface area contributed by atoms with Crippen LogP contribution < -0.4 is 0 Å². The second-order valence-corrected chi connectivity index (χ2v) is 6.40. The Hall–Kier alpha value is -1.80. The Bertz CT molecular complexity index is 654. The zero-order valence-corrected chi connectivity index (χ0v) is 14.2. The molecule has 1 aliphatic rings. The van der Waals surface area contributed by atoms with E-state index in [0.717, 1.165) is 9.80 Å². The van der Waals surface area contributed by atoms with E-state index in [9.17, 15) is 19.5 Å². The number of hydrogen-bond donors (Lipinski definition) is 2. The number of ketones is 1. The Morgan fingerprint density at radius 2 is 1.91 bits per heavy atom. The molecule has 1 saturated heterocycles. The molecule has 1 aromatic rings. The maximum atomic E-state index is 12.4. The molecule has 0 aromatic heterocycles. The van der Waals surface area contributed by atoms with Crippen molar-refractivity contribution in [1.82, 2.24) is 9.80 Å². The van der Waals surface area contributed by atoms with Crippen molar-refractivity contribution in [2.75, 3.05) is 19.6 Å². The highest BCUT2D eigenvalue weighted by Crippen LogP contribution is 2.24. The second kappa shape index (κ2) is 7.18. The molecule has 0 bridgehead atoms. The average Bonchev–Trinajstić information content (AvgIpc) is 2.46. The molecule has 1 fully saturated rings. The van der Waals surface area contributed by atoms with Crippen LogP contribution in [0.1, 0.15) is 16.8 Å². The van der Waals surface area contributed by atoms with E-state index in [-0.39, 0.29) is 31.8 Å². The van der Waals surface area contributed by atoms with Crippen molar-refractivity contribution in [3.63, 3.8) is 0 Å². The minimum Gasteiger partial charge on any atom is -0.465 e. The predicted octanol–water partition coefficient (Wildman–Crippen LogP) is 3.02. The number of Topliss-reactive ketones (excluding diaryl/α,β-unsaturated/α-hetero) is 1. The summed E-state index contributed by atoms with van der Waals surface area (Å²) in [6.45, 7) is 0.108. The van der Waals surface area contributed by atoms with Crippen molar-refractivity contribution in [2.45, 2.75) is 12.5 Å². The van der Waals surface area contributed by atoms with E-state index < -0.39 is 18.2 Å². The van der Waals surface area contributed by atoms with Gasteiger partial charge >= 0.3 is 12.2 Å². The first-order chi connectivity index (χ1) is 10.8. The first-order valence-electron chi connectivity index (χ1n) is 6.75. The number of nitrogens with zero attached hydrogens (tertiary/aromatic N) is 2. The standard InChI is InChI=1S/C14H14BrClN2O5/c15-11-5-8(16)1-2-10(11)12(19)6-9-7-17(13(20)21)3-4-18(9)14(22)23/h1-2,5,9H,3-4,6-7H2,(H,20,21)(H,22,23). The van der Waals surface area contributed by atoms with Gasteiger partial charge in [0.05, 0.1) is 6.04 Å². The van der Waals surface area contributed by atoms with Gasteiger partial charge < -0.3 is 20.0 Å². The number of piperazine rings is 1. The van der Waals surface area contributed by atoms with E-state index in [2.05, 4.69) is 15.9 Å². The first-order valence-corrected chi connectivity index (χ1v) is 7.92. The molecule has 1 atom stereocenters. The van der Waals surface area contributed by atoms with Gasteiger partial charge in [0.25, 0.3) is 0 Å². The van der Waals surface area contributed by atoms with Crippen molar-refractivity contribution >= 4 is 45.5 Å². The number of benzene rings is 1. The highest BCUT2D eigenvalue weighted by molar-refractivity contribution is 9.10. The molecular weight excluding hydrogens is 392 g/mol. The molecule has 2 amide bonds. The third-order valence-corrected chi connectivity index (χ3v) is 4.54. The van der Waals surface area contributed by atoms with Crippen molar-refractivity contribution in [1.29, 1.82) is 0 Å². The molecule has 0 saturated carbocycles. The monoisotopic (exact) mass is 404 g/mol. The zero-order valence-electron chi connectivity index (χ0n) is 11.9. The van der Waals surface area contributed by atoms with Crippen LogP contribution in [0.2, 0.25) is 5.02 Å². The van der Waals surface area contributed by atoms with Crippen LogP contribution >= 0.6 is 27.5 Å². The van der Waals surface area contributed by atoms with Gasteiger partial charge in [0, 0.05) is 41.1 Å². The number of carbonyl (C=O) groups is 3. The van der Waals surface area contributed by atoms with Gasteiger partial charge in [0.1, 0.15) is 0 Å². The van der Waals surface area contributed by atoms with Crippen LogP contribution in [0.25, 0.3) is 0 Å². The third-order valence-electron chi connectivity index (χ3n) is 3.65. The molecule has 0 radical (unpaired) electrons. The SMILES string of the molecule is O=C(CC1CN(C(=O)O)CCN1C(=O)O)c1ccc(Cl)cc1Br. The number of carboxylic acid groups (broad SMARTS) is 2. The average molecular weight is 406 g/mol. The quantitative estimate of drug-likeness (QED) is 0.753. The lowest BCUT2D eigenvalue weighted by molar-refractivity contribution is 0.0574. The van der Waals surface area contributed by atoms with E-state index in [1.54, 1.807) is 18.2 Å². The van der Waals surface area contributed by atoms with E-state index >= 15 is 0 Å². The Kier molecular flexibility index (Phi) is 5.48. The Labute approximate surface area is 145 Å². The van der Waals surface area contributed by atoms with Gasteiger partial charge in [-0.2, -0.15) is 0 Å². The summed E-state index contributed by atoms with van der Waals surface area (Å²) < 4.78 is 0.516. The topological polar surface area (TPSA) is 98.2 Å². The summed E-state index contributed by atoms with van der Waals surface area (Å²) in [6, 6.07) is 3.98. The number of halogens is 2. The minimum absolute atomic E-state index is 0.0292. The lowest BCUT2D eigenvalue weighted by Crippen LogP contribution is -2.56. The smallest absolute Gasteiger partial charge is 0.407 e. The van der Waals surface area contributed by atoms with Gasteiger partial charge in [0.2, 0.25) is 0 Å². The van der Waals surface area contributed by atoms with Gasteiger partial charge in [-0.05, 0) is 34.1 Å². The van der Waals surface area contributed by atoms with Crippen LogP contribution in [0, 0.1) is 0 Å². The third kappa shape index (κ3) is 4.14. The van der Waals surface area contributed by atoms with Crippen molar-refractivity contribution in [2.24, 2.45) is 0 Å². The Morgan fingerprint density at radius 1 is 1.22 bits per heavy atom. The van der Waals surface area contributed by atoms with Crippen molar-refractivity contribution in [3.8, 4) is 0 Å². The maximum absolute atomic E-state index is 12.4. The molecule has 2 N–H and O–H groups in total. The molecule has 23 heavy (non-hydrogen) atoms. The summed E-state index contributed by atoms with van der Waals surface area (Å²) in [5.41, 5.74) is 0.382. The molecule has 9 heteroatoms. The summed E-state index contributed by atoms with van der Waals surface area (Å²) in [6.07, 6.45) is -2.39. The fourth-order valence-electron chi connectivity index (χ4n) is 2.50. The van der Waals surface area contributed by atoms with Crippen LogP contribution in [0.3, 0.4) is 0 Å². The minimum atomic E-state index is -1.16. The van der Waals surface area contributed by atoms with Crippen molar-refractivity contribution < 1.29 is 24.6 Å². The summed E-state index contributed by atoms with van der Waals surface area (Å²) in [7, 11) is 0. The molecule has 1 aliphatic heterocycles. The highest BCUT2D eigenvalue weighted by atomic mass is 79.9. The second-order valence-electron chi connectivity index (χ2n) is 5.11. The largest absolute Gasteiger partial charge is 0.465 e. The summed E-state index contributed by atoms with van der Waals surface area (Å²) in [4.78, 5) is 37.0. The van der Waals surface area contributed by atoms with Gasteiger partial charge in [-0.1, -0.05) is 11.6 Å². The lowest BCUT2D eigenvalue weighted by atomic mass is 10.0. The van der Waals surface area contributed by atoms with Crippen LogP contribution in [-0.4, -0.2) is 63.7 Å². The van der Waals surface area contributed by atoms with Crippen molar-refractivity contribution in [3.05, 3.63) is 33.3 Å². The number of rotatable bonds is 3. The van der Waals surface area contributed by atoms with E-state index in [0.29, 0.717) is 15.1 Å². The molecular formula is C14H14BrClN2O5. The normalized spacial score (nSPS) is 17.9. The summed E-state index contributed by atoms with van der Waals surface area (Å²) in [5, 5.41) is 18.8. The van der Waals surface area contributed by atoms with E-state index in [4.69, 9.17) is 16.7 Å². The molecule has 1 aromatic carbocycles. The highest BCUT2D eigenvalue weighted by Gasteiger charge is 2.34. The molecule has 1 heterocycles. The van der Waals surface area contributed by atoms with Crippen LogP contribution in [0.15, 0.2) is 22.7 Å². The summed E-state index contributed by atoms with van der Waals surface area (Å²) in [5.74, 6) is -0.281. The first kappa shape index (κ1) is 17.6. The van der Waals surface area contributed by atoms with E-state index in [1.165, 1.54) is 0 Å². The van der Waals surface area contributed by atoms with Crippen LogP contribution in [0.4, 0.5) is 9.59 Å². The number of amides is 2. The molecule has 0 spiro atoms. The summed E-state index contributed by atoms with van der Waals surface area (Å²) >= 11 is 9.08. The fraction of sp³-hybridized carbons (Fsp3) is 0.357. The zero-order chi connectivity index (χ0) is 17.1. The molecule has 2 rings (SSSR count). The predicted molar refractivity (Wildman–Crippen MR) is 86.2 cm³/mol. The molecule has 7 nitrogen and oxygen atoms in total. The number of hydrogen-bond acceptors (Lipinski definition) is 3. The van der Waals surface area contributed by atoms with Crippen LogP contribution in [-0.2, 0) is 0 Å². The van der Waals surface area contributed by atoms with E-state index in [1.807, 2.05) is 0 Å². The van der Waals surface area contributed by atoms with Crippen LogP contribution in [0.5, 0.6) is 0 Å². The maximum Gasteiger partial charge on any atom is 0.407 e. The van der Waals surface area contributed by atoms with Gasteiger partial charge in [-0.3, -0.25) is 4.79 Å². The fourth-order valence-corrected chi connectivity index (χ4v) is 3.40. The Morgan fingerprint density at radius 3 is 2.48 bits per heavy atom. The van der Waals surface area contributed by atoms with Gasteiger partial charge in [-0.15, -0.1) is 0 Å². The van der Waals surface area contributed by atoms with Gasteiger partial charge in [-0.25, -0.2) is 9.59 Å². The number of carbonyl (C=O) groups excluding carboxylic acids is 1. The van der Waals surface area contributed by atoms with Gasteiger partial charge in [0.15, 0.2) is 5.78 Å². The Balaban J connectivity index is 2.17.